The Kier molecular flexibility index (Phi) is 6.84. The van der Waals surface area contributed by atoms with Gasteiger partial charge in [-0.1, -0.05) is 36.0 Å². The first-order chi connectivity index (χ1) is 14.4. The summed E-state index contributed by atoms with van der Waals surface area (Å²) < 4.78 is 10.5. The molecule has 2 aromatic carbocycles. The number of phenolic OH excluding ortho intramolecular Hbond substituents is 1. The minimum Gasteiger partial charge on any atom is -0.506 e. The summed E-state index contributed by atoms with van der Waals surface area (Å²) in [5.41, 5.74) is 2.15. The number of ether oxygens (including phenoxy) is 2. The highest BCUT2D eigenvalue weighted by Gasteiger charge is 2.33. The SMILES string of the molecule is CCOC(=O)C1=C(O)/C(=C\c2cccc(OCC)c2O)SC1=Nc1cccc(C)c1. The Bertz CT molecular complexity index is 1060. The lowest BCUT2D eigenvalue weighted by Crippen LogP contribution is -2.12. The molecular formula is C23H23NO5S. The standard InChI is InChI=1S/C23H23NO5S/c1-4-28-17-11-7-9-15(20(17)25)13-18-21(26)19(23(27)29-5-2)22(30-18)24-16-10-6-8-14(3)12-16/h6-13,25-26H,4-5H2,1-3H3/b18-13+,24-22?. The van der Waals surface area contributed by atoms with Crippen molar-refractivity contribution < 1.29 is 24.5 Å². The first kappa shape index (κ1) is 21.5. The molecule has 1 heterocycles. The average Bonchev–Trinajstić information content (AvgIpc) is 3.00. The molecule has 6 nitrogen and oxygen atoms in total. The maximum absolute atomic E-state index is 12.5. The third-order valence-electron chi connectivity index (χ3n) is 4.22. The Morgan fingerprint density at radius 2 is 1.90 bits per heavy atom. The number of aliphatic hydroxyl groups excluding tert-OH is 1. The highest BCUT2D eigenvalue weighted by Crippen LogP contribution is 2.42. The predicted molar refractivity (Wildman–Crippen MR) is 119 cm³/mol. The molecular weight excluding hydrogens is 402 g/mol. The summed E-state index contributed by atoms with van der Waals surface area (Å²) in [5, 5.41) is 21.6. The van der Waals surface area contributed by atoms with Crippen LogP contribution in [0.5, 0.6) is 11.5 Å². The molecule has 30 heavy (non-hydrogen) atoms. The molecule has 0 aromatic heterocycles. The molecule has 0 atom stereocenters. The van der Waals surface area contributed by atoms with Gasteiger partial charge >= 0.3 is 5.97 Å². The Hall–Kier alpha value is -3.19. The first-order valence-corrected chi connectivity index (χ1v) is 10.4. The van der Waals surface area contributed by atoms with E-state index in [9.17, 15) is 15.0 Å². The van der Waals surface area contributed by atoms with Gasteiger partial charge in [0.15, 0.2) is 11.5 Å². The van der Waals surface area contributed by atoms with E-state index in [1.165, 1.54) is 0 Å². The average molecular weight is 426 g/mol. The number of hydrogen-bond donors (Lipinski definition) is 2. The second-order valence-corrected chi connectivity index (χ2v) is 7.47. The fraction of sp³-hybridized carbons (Fsp3) is 0.217. The third kappa shape index (κ3) is 4.68. The number of carbonyl (C=O) groups is 1. The van der Waals surface area contributed by atoms with Gasteiger partial charge in [-0.3, -0.25) is 0 Å². The Morgan fingerprint density at radius 3 is 2.60 bits per heavy atom. The molecule has 7 heteroatoms. The van der Waals surface area contributed by atoms with Gasteiger partial charge in [-0.05, 0) is 50.6 Å². The van der Waals surface area contributed by atoms with E-state index >= 15 is 0 Å². The summed E-state index contributed by atoms with van der Waals surface area (Å²) >= 11 is 1.14. The molecule has 3 rings (SSSR count). The van der Waals surface area contributed by atoms with Gasteiger partial charge < -0.3 is 19.7 Å². The zero-order chi connectivity index (χ0) is 21.7. The molecule has 0 unspecified atom stereocenters. The molecule has 1 aliphatic heterocycles. The van der Waals surface area contributed by atoms with E-state index in [0.29, 0.717) is 33.6 Å². The van der Waals surface area contributed by atoms with Crippen molar-refractivity contribution in [1.82, 2.24) is 0 Å². The Morgan fingerprint density at radius 1 is 1.13 bits per heavy atom. The molecule has 0 fully saturated rings. The lowest BCUT2D eigenvalue weighted by Gasteiger charge is -2.08. The fourth-order valence-corrected chi connectivity index (χ4v) is 3.90. The van der Waals surface area contributed by atoms with Crippen LogP contribution in [-0.4, -0.2) is 34.4 Å². The van der Waals surface area contributed by atoms with Crippen LogP contribution in [0, 0.1) is 6.92 Å². The van der Waals surface area contributed by atoms with Gasteiger partial charge in [0.25, 0.3) is 0 Å². The molecule has 0 aliphatic carbocycles. The molecule has 0 saturated heterocycles. The number of aromatic hydroxyl groups is 1. The lowest BCUT2D eigenvalue weighted by molar-refractivity contribution is -0.138. The normalized spacial score (nSPS) is 16.4. The number of phenols is 1. The number of benzene rings is 2. The highest BCUT2D eigenvalue weighted by atomic mass is 32.2. The fourth-order valence-electron chi connectivity index (χ4n) is 2.88. The summed E-state index contributed by atoms with van der Waals surface area (Å²) in [7, 11) is 0. The number of thioether (sulfide) groups is 1. The van der Waals surface area contributed by atoms with Crippen LogP contribution in [-0.2, 0) is 9.53 Å². The molecule has 2 N–H and O–H groups in total. The monoisotopic (exact) mass is 425 g/mol. The van der Waals surface area contributed by atoms with Crippen LogP contribution >= 0.6 is 11.8 Å². The molecule has 1 aliphatic rings. The number of carbonyl (C=O) groups excluding carboxylic acids is 1. The second kappa shape index (κ2) is 9.54. The largest absolute Gasteiger partial charge is 0.506 e. The third-order valence-corrected chi connectivity index (χ3v) is 5.24. The molecule has 156 valence electrons. The lowest BCUT2D eigenvalue weighted by atomic mass is 10.1. The minimum absolute atomic E-state index is 0.00931. The zero-order valence-electron chi connectivity index (χ0n) is 17.0. The molecule has 0 spiro atoms. The van der Waals surface area contributed by atoms with Gasteiger partial charge in [0.05, 0.1) is 23.8 Å². The van der Waals surface area contributed by atoms with E-state index in [4.69, 9.17) is 9.47 Å². The second-order valence-electron chi connectivity index (χ2n) is 6.44. The molecule has 0 radical (unpaired) electrons. The quantitative estimate of drug-likeness (QED) is 0.611. The van der Waals surface area contributed by atoms with E-state index < -0.39 is 5.97 Å². The number of aliphatic hydroxyl groups is 1. The number of rotatable bonds is 6. The van der Waals surface area contributed by atoms with Crippen molar-refractivity contribution in [2.75, 3.05) is 13.2 Å². The Labute approximate surface area is 179 Å². The van der Waals surface area contributed by atoms with Crippen LogP contribution < -0.4 is 4.74 Å². The van der Waals surface area contributed by atoms with Gasteiger partial charge in [0.1, 0.15) is 16.4 Å². The van der Waals surface area contributed by atoms with E-state index in [2.05, 4.69) is 4.99 Å². The van der Waals surface area contributed by atoms with Gasteiger partial charge in [0, 0.05) is 5.56 Å². The van der Waals surface area contributed by atoms with Crippen LogP contribution in [0.15, 0.2) is 63.7 Å². The molecule has 0 amide bonds. The number of nitrogens with zero attached hydrogens (tertiary/aromatic N) is 1. The van der Waals surface area contributed by atoms with Crippen LogP contribution in [0.2, 0.25) is 0 Å². The molecule has 0 bridgehead atoms. The van der Waals surface area contributed by atoms with Crippen molar-refractivity contribution in [3.05, 3.63) is 69.8 Å². The van der Waals surface area contributed by atoms with Crippen molar-refractivity contribution >= 4 is 34.5 Å². The number of hydrogen-bond acceptors (Lipinski definition) is 7. The van der Waals surface area contributed by atoms with Crippen LogP contribution in [0.3, 0.4) is 0 Å². The van der Waals surface area contributed by atoms with Crippen molar-refractivity contribution in [2.45, 2.75) is 20.8 Å². The number of aliphatic imine (C=N–C) groups is 1. The maximum atomic E-state index is 12.5. The van der Waals surface area contributed by atoms with Crippen molar-refractivity contribution in [3.8, 4) is 11.5 Å². The van der Waals surface area contributed by atoms with Gasteiger partial charge in [-0.2, -0.15) is 0 Å². The zero-order valence-corrected chi connectivity index (χ0v) is 17.8. The van der Waals surface area contributed by atoms with Crippen LogP contribution in [0.25, 0.3) is 6.08 Å². The van der Waals surface area contributed by atoms with E-state index in [1.54, 1.807) is 31.2 Å². The molecule has 2 aromatic rings. The maximum Gasteiger partial charge on any atom is 0.344 e. The minimum atomic E-state index is -0.649. The van der Waals surface area contributed by atoms with Crippen LogP contribution in [0.1, 0.15) is 25.0 Å². The summed E-state index contributed by atoms with van der Waals surface area (Å²) in [6.07, 6.45) is 1.59. The van der Waals surface area contributed by atoms with Gasteiger partial charge in [-0.15, -0.1) is 0 Å². The topological polar surface area (TPSA) is 88.4 Å². The smallest absolute Gasteiger partial charge is 0.344 e. The highest BCUT2D eigenvalue weighted by molar-refractivity contribution is 8.18. The summed E-state index contributed by atoms with van der Waals surface area (Å²) in [4.78, 5) is 17.4. The van der Waals surface area contributed by atoms with Crippen molar-refractivity contribution in [2.24, 2.45) is 4.99 Å². The summed E-state index contributed by atoms with van der Waals surface area (Å²) in [6, 6.07) is 12.6. The van der Waals surface area contributed by atoms with E-state index in [-0.39, 0.29) is 23.7 Å². The number of aryl methyl sites for hydroxylation is 1. The van der Waals surface area contributed by atoms with Crippen molar-refractivity contribution in [1.29, 1.82) is 0 Å². The summed E-state index contributed by atoms with van der Waals surface area (Å²) in [5.74, 6) is -0.574. The predicted octanol–water partition coefficient (Wildman–Crippen LogP) is 5.29. The van der Waals surface area contributed by atoms with Gasteiger partial charge in [-0.25, -0.2) is 9.79 Å². The number of para-hydroxylation sites is 1. The first-order valence-electron chi connectivity index (χ1n) is 9.55. The molecule has 0 saturated carbocycles. The van der Waals surface area contributed by atoms with Crippen LogP contribution in [0.4, 0.5) is 5.69 Å². The van der Waals surface area contributed by atoms with Gasteiger partial charge in [0.2, 0.25) is 0 Å². The summed E-state index contributed by atoms with van der Waals surface area (Å²) in [6.45, 7) is 6.06. The van der Waals surface area contributed by atoms with Crippen molar-refractivity contribution in [3.63, 3.8) is 0 Å². The van der Waals surface area contributed by atoms with E-state index in [1.807, 2.05) is 38.1 Å². The van der Waals surface area contributed by atoms with E-state index in [0.717, 1.165) is 17.3 Å². The number of esters is 1. The Balaban J connectivity index is 2.06.